The molecule has 2 aromatic carbocycles. The molecule has 0 radical (unpaired) electrons. The van der Waals surface area contributed by atoms with E-state index in [0.717, 1.165) is 11.6 Å². The first-order chi connectivity index (χ1) is 11.4. The third-order valence-electron chi connectivity index (χ3n) is 3.98. The van der Waals surface area contributed by atoms with Gasteiger partial charge in [-0.25, -0.2) is 4.79 Å². The van der Waals surface area contributed by atoms with E-state index < -0.39 is 23.7 Å². The number of amides is 1. The Labute approximate surface area is 142 Å². The number of hydrogen-bond donors (Lipinski definition) is 2. The molecule has 0 aliphatic carbocycles. The highest BCUT2D eigenvalue weighted by Gasteiger charge is 2.40. The van der Waals surface area contributed by atoms with E-state index in [2.05, 4.69) is 0 Å². The number of ether oxygens (including phenoxy) is 1. The average molecular weight is 348 g/mol. The van der Waals surface area contributed by atoms with E-state index >= 15 is 0 Å². The highest BCUT2D eigenvalue weighted by Crippen LogP contribution is 2.38. The summed E-state index contributed by atoms with van der Waals surface area (Å²) in [5.41, 5.74) is 1.41. The van der Waals surface area contributed by atoms with Crippen LogP contribution in [0.3, 0.4) is 0 Å². The molecule has 0 bridgehead atoms. The number of rotatable bonds is 2. The van der Waals surface area contributed by atoms with Crippen molar-refractivity contribution in [1.29, 1.82) is 0 Å². The quantitative estimate of drug-likeness (QED) is 0.815. The van der Waals surface area contributed by atoms with Crippen LogP contribution in [0.25, 0.3) is 0 Å². The van der Waals surface area contributed by atoms with E-state index in [-0.39, 0.29) is 22.9 Å². The Balaban J connectivity index is 2.04. The number of methoxy groups -OCH3 is 1. The lowest BCUT2D eigenvalue weighted by Crippen LogP contribution is -2.34. The summed E-state index contributed by atoms with van der Waals surface area (Å²) in [6, 6.07) is 8.44. The summed E-state index contributed by atoms with van der Waals surface area (Å²) in [5, 5.41) is 19.4. The Hall–Kier alpha value is -2.73. The van der Waals surface area contributed by atoms with Crippen LogP contribution in [-0.4, -0.2) is 34.1 Å². The van der Waals surface area contributed by atoms with Gasteiger partial charge in [0.1, 0.15) is 11.5 Å². The van der Waals surface area contributed by atoms with Gasteiger partial charge in [0.15, 0.2) is 6.04 Å². The Morgan fingerprint density at radius 3 is 2.62 bits per heavy atom. The van der Waals surface area contributed by atoms with Gasteiger partial charge in [-0.05, 0) is 17.2 Å². The monoisotopic (exact) mass is 347 g/mol. The number of hydrogen-bond acceptors (Lipinski definition) is 5. The summed E-state index contributed by atoms with van der Waals surface area (Å²) in [7, 11) is 1.25. The molecule has 1 amide bonds. The third-order valence-corrected chi connectivity index (χ3v) is 4.29. The minimum absolute atomic E-state index is 0.0671. The predicted octanol–water partition coefficient (Wildman–Crippen LogP) is 2.62. The van der Waals surface area contributed by atoms with Crippen LogP contribution in [0.5, 0.6) is 11.5 Å². The third kappa shape index (κ3) is 2.55. The second kappa shape index (κ2) is 6.05. The first kappa shape index (κ1) is 16.1. The molecule has 3 rings (SSSR count). The lowest BCUT2D eigenvalue weighted by Gasteiger charge is -2.23. The van der Waals surface area contributed by atoms with Crippen molar-refractivity contribution < 1.29 is 24.5 Å². The highest BCUT2D eigenvalue weighted by molar-refractivity contribution is 6.32. The van der Waals surface area contributed by atoms with Crippen LogP contribution in [0.1, 0.15) is 27.5 Å². The van der Waals surface area contributed by atoms with Crippen LogP contribution in [-0.2, 0) is 16.1 Å². The molecule has 6 nitrogen and oxygen atoms in total. The minimum atomic E-state index is -0.898. The summed E-state index contributed by atoms with van der Waals surface area (Å²) in [6.45, 7) is 0.201. The molecular formula is C17H14ClNO5. The average Bonchev–Trinajstić information content (AvgIpc) is 2.96. The second-order valence-electron chi connectivity index (χ2n) is 5.38. The number of nitrogens with zero attached hydrogens (tertiary/aromatic N) is 1. The lowest BCUT2D eigenvalue weighted by molar-refractivity contribution is -0.145. The molecule has 24 heavy (non-hydrogen) atoms. The van der Waals surface area contributed by atoms with E-state index in [4.69, 9.17) is 16.3 Å². The van der Waals surface area contributed by atoms with E-state index in [9.17, 15) is 19.8 Å². The van der Waals surface area contributed by atoms with Crippen LogP contribution in [0, 0.1) is 0 Å². The van der Waals surface area contributed by atoms with Gasteiger partial charge in [0, 0.05) is 12.6 Å². The van der Waals surface area contributed by atoms with Gasteiger partial charge in [0.2, 0.25) is 0 Å². The van der Waals surface area contributed by atoms with Crippen molar-refractivity contribution in [3.05, 3.63) is 58.1 Å². The van der Waals surface area contributed by atoms with Crippen molar-refractivity contribution in [3.63, 3.8) is 0 Å². The van der Waals surface area contributed by atoms with Crippen molar-refractivity contribution >= 4 is 23.5 Å². The first-order valence-electron chi connectivity index (χ1n) is 7.12. The van der Waals surface area contributed by atoms with Gasteiger partial charge in [-0.1, -0.05) is 35.9 Å². The number of benzene rings is 2. The molecule has 1 heterocycles. The summed E-state index contributed by atoms with van der Waals surface area (Å²) >= 11 is 5.83. The second-order valence-corrected chi connectivity index (χ2v) is 5.79. The molecule has 0 fully saturated rings. The molecule has 1 aliphatic heterocycles. The number of phenolic OH excluding ortho intramolecular Hbond substituents is 2. The standard InChI is InChI=1S/C17H14ClNO5/c1-24-17(23)15-10-5-3-2-4-9(10)8-19(15)16(22)11-6-12(18)14(21)7-13(11)20/h2-7,15,20-21H,8H2,1H3. The van der Waals surface area contributed by atoms with Crippen molar-refractivity contribution in [3.8, 4) is 11.5 Å². The molecule has 2 aromatic rings. The molecule has 0 aromatic heterocycles. The molecule has 7 heteroatoms. The fourth-order valence-electron chi connectivity index (χ4n) is 2.82. The maximum absolute atomic E-state index is 12.8. The lowest BCUT2D eigenvalue weighted by atomic mass is 10.0. The van der Waals surface area contributed by atoms with Gasteiger partial charge in [0.05, 0.1) is 17.7 Å². The maximum Gasteiger partial charge on any atom is 0.333 e. The number of carbonyl (C=O) groups excluding carboxylic acids is 2. The number of aromatic hydroxyl groups is 2. The summed E-state index contributed by atoms with van der Waals surface area (Å²) in [6.07, 6.45) is 0. The Morgan fingerprint density at radius 2 is 1.92 bits per heavy atom. The van der Waals surface area contributed by atoms with Crippen molar-refractivity contribution in [1.82, 2.24) is 4.90 Å². The van der Waals surface area contributed by atoms with Gasteiger partial charge in [-0.3, -0.25) is 4.79 Å². The van der Waals surface area contributed by atoms with Crippen molar-refractivity contribution in [2.45, 2.75) is 12.6 Å². The van der Waals surface area contributed by atoms with Gasteiger partial charge in [0.25, 0.3) is 5.91 Å². The molecule has 124 valence electrons. The Morgan fingerprint density at radius 1 is 1.21 bits per heavy atom. The van der Waals surface area contributed by atoms with Crippen molar-refractivity contribution in [2.24, 2.45) is 0 Å². The number of fused-ring (bicyclic) bond motifs is 1. The Bertz CT molecular complexity index is 836. The smallest absolute Gasteiger partial charge is 0.333 e. The van der Waals surface area contributed by atoms with Crippen LogP contribution >= 0.6 is 11.6 Å². The maximum atomic E-state index is 12.8. The number of esters is 1. The van der Waals surface area contributed by atoms with Crippen LogP contribution in [0.4, 0.5) is 0 Å². The fraction of sp³-hybridized carbons (Fsp3) is 0.176. The first-order valence-corrected chi connectivity index (χ1v) is 7.50. The summed E-state index contributed by atoms with van der Waals surface area (Å²) in [5.74, 6) is -1.90. The number of carbonyl (C=O) groups is 2. The van der Waals surface area contributed by atoms with E-state index in [0.29, 0.717) is 5.56 Å². The normalized spacial score (nSPS) is 15.9. The van der Waals surface area contributed by atoms with E-state index in [1.54, 1.807) is 12.1 Å². The highest BCUT2D eigenvalue weighted by atomic mass is 35.5. The topological polar surface area (TPSA) is 87.1 Å². The van der Waals surface area contributed by atoms with Gasteiger partial charge < -0.3 is 19.8 Å². The zero-order chi connectivity index (χ0) is 17.4. The van der Waals surface area contributed by atoms with Crippen LogP contribution < -0.4 is 0 Å². The molecule has 0 saturated heterocycles. The molecule has 0 saturated carbocycles. The van der Waals surface area contributed by atoms with E-state index in [1.807, 2.05) is 12.1 Å². The molecule has 1 unspecified atom stereocenters. The fourth-order valence-corrected chi connectivity index (χ4v) is 2.98. The van der Waals surface area contributed by atoms with Gasteiger partial charge in [-0.15, -0.1) is 0 Å². The Kier molecular flexibility index (Phi) is 4.07. The van der Waals surface area contributed by atoms with Crippen molar-refractivity contribution in [2.75, 3.05) is 7.11 Å². The predicted molar refractivity (Wildman–Crippen MR) is 85.9 cm³/mol. The molecule has 1 aliphatic rings. The zero-order valence-corrected chi connectivity index (χ0v) is 13.4. The molecule has 0 spiro atoms. The minimum Gasteiger partial charge on any atom is -0.507 e. The zero-order valence-electron chi connectivity index (χ0n) is 12.7. The number of phenols is 2. The van der Waals surface area contributed by atoms with Crippen LogP contribution in [0.15, 0.2) is 36.4 Å². The molecular weight excluding hydrogens is 334 g/mol. The molecule has 2 N–H and O–H groups in total. The van der Waals surface area contributed by atoms with E-state index in [1.165, 1.54) is 18.1 Å². The van der Waals surface area contributed by atoms with Gasteiger partial charge in [-0.2, -0.15) is 0 Å². The summed E-state index contributed by atoms with van der Waals surface area (Å²) in [4.78, 5) is 26.3. The summed E-state index contributed by atoms with van der Waals surface area (Å²) < 4.78 is 4.82. The SMILES string of the molecule is COC(=O)C1c2ccccc2CN1C(=O)c1cc(Cl)c(O)cc1O. The van der Waals surface area contributed by atoms with Crippen LogP contribution in [0.2, 0.25) is 5.02 Å². The largest absolute Gasteiger partial charge is 0.507 e. The van der Waals surface area contributed by atoms with Gasteiger partial charge >= 0.3 is 5.97 Å². The molecule has 1 atom stereocenters. The number of halogens is 1.